The zero-order valence-corrected chi connectivity index (χ0v) is 20.9. The van der Waals surface area contributed by atoms with Gasteiger partial charge in [0.1, 0.15) is 5.69 Å². The van der Waals surface area contributed by atoms with Gasteiger partial charge < -0.3 is 14.8 Å². The van der Waals surface area contributed by atoms with Gasteiger partial charge >= 0.3 is 0 Å². The molecule has 3 N–H and O–H groups in total. The van der Waals surface area contributed by atoms with E-state index in [0.717, 1.165) is 6.42 Å². The Balaban J connectivity index is 1.61. The van der Waals surface area contributed by atoms with Crippen LogP contribution in [0.25, 0.3) is 10.8 Å². The minimum atomic E-state index is -1.25. The number of amides is 2. The van der Waals surface area contributed by atoms with Crippen LogP contribution in [-0.4, -0.2) is 41.9 Å². The second-order valence-corrected chi connectivity index (χ2v) is 8.25. The Morgan fingerprint density at radius 2 is 1.76 bits per heavy atom. The smallest absolute Gasteiger partial charge is 0.272 e. The lowest BCUT2D eigenvalue weighted by Gasteiger charge is -2.18. The van der Waals surface area contributed by atoms with Gasteiger partial charge in [0.25, 0.3) is 17.4 Å². The first-order valence-electron chi connectivity index (χ1n) is 12.0. The molecule has 0 aliphatic carbocycles. The minimum absolute atomic E-state index is 0.177. The van der Waals surface area contributed by atoms with Gasteiger partial charge in [0.15, 0.2) is 17.5 Å². The summed E-state index contributed by atoms with van der Waals surface area (Å²) in [6.07, 6.45) is 2.30. The van der Waals surface area contributed by atoms with E-state index in [1.165, 1.54) is 6.21 Å². The molecule has 0 aliphatic rings. The number of methoxy groups -OCH3 is 1. The predicted octanol–water partition coefficient (Wildman–Crippen LogP) is 3.34. The molecule has 4 rings (SSSR count). The molecule has 2 amide bonds. The predicted molar refractivity (Wildman–Crippen MR) is 144 cm³/mol. The lowest BCUT2D eigenvalue weighted by Crippen LogP contribution is -2.40. The molecule has 1 aromatic heterocycles. The SMILES string of the molecule is CCCOc1ccc(C=NNC(=O)[C@H](NC(=O)c2ccccc2)c2n[nH]c(=O)c3ccccc23)cc1OC. The lowest BCUT2D eigenvalue weighted by atomic mass is 10.0. The Hall–Kier alpha value is -4.99. The van der Waals surface area contributed by atoms with Gasteiger partial charge in [-0.15, -0.1) is 0 Å². The fourth-order valence-electron chi connectivity index (χ4n) is 3.75. The van der Waals surface area contributed by atoms with Crippen molar-refractivity contribution in [2.45, 2.75) is 19.4 Å². The van der Waals surface area contributed by atoms with Crippen LogP contribution in [0, 0.1) is 0 Å². The third-order valence-corrected chi connectivity index (χ3v) is 5.61. The molecule has 1 atom stereocenters. The van der Waals surface area contributed by atoms with Crippen LogP contribution in [0.3, 0.4) is 0 Å². The molecule has 0 saturated carbocycles. The van der Waals surface area contributed by atoms with E-state index in [0.29, 0.717) is 40.0 Å². The maximum absolute atomic E-state index is 13.3. The van der Waals surface area contributed by atoms with Crippen LogP contribution in [0.5, 0.6) is 11.5 Å². The molecule has 1 heterocycles. The zero-order chi connectivity index (χ0) is 26.9. The average molecular weight is 514 g/mol. The van der Waals surface area contributed by atoms with Gasteiger partial charge in [-0.25, -0.2) is 10.5 Å². The monoisotopic (exact) mass is 513 g/mol. The molecule has 0 aliphatic heterocycles. The van der Waals surface area contributed by atoms with E-state index in [9.17, 15) is 14.4 Å². The van der Waals surface area contributed by atoms with Crippen LogP contribution in [0.1, 0.15) is 41.0 Å². The van der Waals surface area contributed by atoms with Gasteiger partial charge in [-0.2, -0.15) is 10.2 Å². The highest BCUT2D eigenvalue weighted by Crippen LogP contribution is 2.27. The highest BCUT2D eigenvalue weighted by atomic mass is 16.5. The van der Waals surface area contributed by atoms with Crippen molar-refractivity contribution < 1.29 is 19.1 Å². The van der Waals surface area contributed by atoms with Crippen LogP contribution in [0.15, 0.2) is 82.7 Å². The number of benzene rings is 3. The summed E-state index contributed by atoms with van der Waals surface area (Å²) in [6.45, 7) is 2.57. The summed E-state index contributed by atoms with van der Waals surface area (Å²) in [4.78, 5) is 38.5. The van der Waals surface area contributed by atoms with Crippen LogP contribution in [-0.2, 0) is 4.79 Å². The molecule has 10 nitrogen and oxygen atoms in total. The van der Waals surface area contributed by atoms with Crippen molar-refractivity contribution in [2.24, 2.45) is 5.10 Å². The second kappa shape index (κ2) is 12.3. The number of hydrogen-bond acceptors (Lipinski definition) is 7. The number of hydrogen-bond donors (Lipinski definition) is 3. The topological polar surface area (TPSA) is 135 Å². The summed E-state index contributed by atoms with van der Waals surface area (Å²) in [5.41, 5.74) is 3.25. The van der Waals surface area contributed by atoms with Crippen molar-refractivity contribution in [1.82, 2.24) is 20.9 Å². The molecule has 38 heavy (non-hydrogen) atoms. The number of carbonyl (C=O) groups is 2. The molecular weight excluding hydrogens is 486 g/mol. The fraction of sp³-hybridized carbons (Fsp3) is 0.179. The molecule has 10 heteroatoms. The van der Waals surface area contributed by atoms with Crippen molar-refractivity contribution >= 4 is 28.8 Å². The number of rotatable bonds is 10. The van der Waals surface area contributed by atoms with E-state index >= 15 is 0 Å². The normalized spacial score (nSPS) is 11.7. The van der Waals surface area contributed by atoms with Crippen molar-refractivity contribution in [3.05, 3.63) is 100.0 Å². The Kier molecular flexibility index (Phi) is 8.45. The second-order valence-electron chi connectivity index (χ2n) is 8.25. The summed E-state index contributed by atoms with van der Waals surface area (Å²) in [6, 6.07) is 19.2. The van der Waals surface area contributed by atoms with Gasteiger partial charge in [0.05, 0.1) is 25.3 Å². The summed E-state index contributed by atoms with van der Waals surface area (Å²) in [5, 5.41) is 14.0. The average Bonchev–Trinajstić information content (AvgIpc) is 2.96. The molecule has 4 aromatic rings. The van der Waals surface area contributed by atoms with E-state index < -0.39 is 23.4 Å². The Morgan fingerprint density at radius 1 is 1.03 bits per heavy atom. The lowest BCUT2D eigenvalue weighted by molar-refractivity contribution is -0.123. The molecular formula is C28H27N5O5. The van der Waals surface area contributed by atoms with Gasteiger partial charge in [0, 0.05) is 10.9 Å². The third kappa shape index (κ3) is 6.04. The summed E-state index contributed by atoms with van der Waals surface area (Å²) < 4.78 is 11.0. The number of hydrazone groups is 1. The molecule has 0 radical (unpaired) electrons. The van der Waals surface area contributed by atoms with Crippen molar-refractivity contribution in [1.29, 1.82) is 0 Å². The van der Waals surface area contributed by atoms with E-state index in [-0.39, 0.29) is 5.69 Å². The maximum atomic E-state index is 13.3. The number of nitrogens with one attached hydrogen (secondary N) is 3. The standard InChI is InChI=1S/C28H27N5O5/c1-3-15-38-22-14-13-18(16-23(22)37-2)17-29-32-28(36)25(30-26(34)19-9-5-4-6-10-19)24-20-11-7-8-12-21(20)27(35)33-31-24/h4-14,16-17,25H,3,15H2,1-2H3,(H,30,34)(H,32,36)(H,33,35)/t25-/m1/s1. The highest BCUT2D eigenvalue weighted by molar-refractivity contribution is 5.99. The molecule has 0 spiro atoms. The van der Waals surface area contributed by atoms with E-state index in [2.05, 4.69) is 26.0 Å². The van der Waals surface area contributed by atoms with E-state index in [4.69, 9.17) is 9.47 Å². The number of nitrogens with zero attached hydrogens (tertiary/aromatic N) is 2. The first-order valence-corrected chi connectivity index (χ1v) is 12.0. The number of fused-ring (bicyclic) bond motifs is 1. The van der Waals surface area contributed by atoms with Crippen molar-refractivity contribution in [3.63, 3.8) is 0 Å². The van der Waals surface area contributed by atoms with Crippen molar-refractivity contribution in [2.75, 3.05) is 13.7 Å². The summed E-state index contributed by atoms with van der Waals surface area (Å²) in [5.74, 6) is 0.00481. The first kappa shape index (κ1) is 26.1. The third-order valence-electron chi connectivity index (χ3n) is 5.61. The van der Waals surface area contributed by atoms with Crippen LogP contribution < -0.4 is 25.8 Å². The number of aromatic nitrogens is 2. The van der Waals surface area contributed by atoms with Crippen LogP contribution >= 0.6 is 0 Å². The molecule has 3 aromatic carbocycles. The quantitative estimate of drug-likeness (QED) is 0.220. The fourth-order valence-corrected chi connectivity index (χ4v) is 3.75. The Morgan fingerprint density at radius 3 is 2.50 bits per heavy atom. The maximum Gasteiger partial charge on any atom is 0.272 e. The van der Waals surface area contributed by atoms with Crippen LogP contribution in [0.2, 0.25) is 0 Å². The number of ether oxygens (including phenoxy) is 2. The molecule has 0 fully saturated rings. The van der Waals surface area contributed by atoms with Crippen molar-refractivity contribution in [3.8, 4) is 11.5 Å². The zero-order valence-electron chi connectivity index (χ0n) is 20.9. The molecule has 0 saturated heterocycles. The van der Waals surface area contributed by atoms with Gasteiger partial charge in [0.2, 0.25) is 0 Å². The number of aromatic amines is 1. The summed E-state index contributed by atoms with van der Waals surface area (Å²) in [7, 11) is 1.54. The summed E-state index contributed by atoms with van der Waals surface area (Å²) >= 11 is 0. The van der Waals surface area contributed by atoms with Gasteiger partial charge in [-0.05, 0) is 48.4 Å². The Bertz CT molecular complexity index is 1520. The Labute approximate surface area is 218 Å². The van der Waals surface area contributed by atoms with Crippen LogP contribution in [0.4, 0.5) is 0 Å². The molecule has 0 bridgehead atoms. The van der Waals surface area contributed by atoms with Gasteiger partial charge in [-0.3, -0.25) is 14.4 Å². The first-order chi connectivity index (χ1) is 18.5. The highest BCUT2D eigenvalue weighted by Gasteiger charge is 2.27. The van der Waals surface area contributed by atoms with E-state index in [1.54, 1.807) is 79.9 Å². The molecule has 0 unspecified atom stereocenters. The van der Waals surface area contributed by atoms with Gasteiger partial charge in [-0.1, -0.05) is 43.3 Å². The number of carbonyl (C=O) groups excluding carboxylic acids is 2. The van der Waals surface area contributed by atoms with E-state index in [1.807, 2.05) is 6.92 Å². The number of H-pyrrole nitrogens is 1. The minimum Gasteiger partial charge on any atom is -0.493 e. The largest absolute Gasteiger partial charge is 0.493 e. The molecule has 194 valence electrons.